The molecule has 0 aliphatic rings. The number of carbonyl (C=O) groups excluding carboxylic acids is 1. The maximum atomic E-state index is 11.4. The number of ether oxygens (including phenoxy) is 2. The fourth-order valence-electron chi connectivity index (χ4n) is 1.23. The second-order valence-electron chi connectivity index (χ2n) is 3.25. The van der Waals surface area contributed by atoms with Crippen LogP contribution in [-0.4, -0.2) is 47.3 Å². The molecule has 1 aromatic heterocycles. The third-order valence-electron chi connectivity index (χ3n) is 1.96. The summed E-state index contributed by atoms with van der Waals surface area (Å²) in [5, 5.41) is 12.5. The lowest BCUT2D eigenvalue weighted by atomic mass is 10.4. The fourth-order valence-corrected chi connectivity index (χ4v) is 1.23. The number of anilines is 1. The first kappa shape index (κ1) is 13.5. The van der Waals surface area contributed by atoms with E-state index in [0.717, 1.165) is 0 Å². The van der Waals surface area contributed by atoms with Gasteiger partial charge in [0.2, 0.25) is 0 Å². The van der Waals surface area contributed by atoms with E-state index in [1.165, 1.54) is 4.68 Å². The molecular formula is C10H17N3O4. The van der Waals surface area contributed by atoms with E-state index in [9.17, 15) is 4.79 Å². The number of rotatable bonds is 7. The zero-order chi connectivity index (χ0) is 12.7. The van der Waals surface area contributed by atoms with Gasteiger partial charge in [0, 0.05) is 6.20 Å². The SMILES string of the molecule is CCOC(=O)c1nn(CCOCCO)cc1N. The molecule has 3 N–H and O–H groups in total. The summed E-state index contributed by atoms with van der Waals surface area (Å²) in [5.74, 6) is -0.528. The first-order valence-electron chi connectivity index (χ1n) is 5.37. The molecule has 0 saturated heterocycles. The number of aliphatic hydroxyl groups is 1. The fraction of sp³-hybridized carbons (Fsp3) is 0.600. The van der Waals surface area contributed by atoms with Crippen molar-refractivity contribution in [3.8, 4) is 0 Å². The third kappa shape index (κ3) is 4.04. The van der Waals surface area contributed by atoms with Crippen molar-refractivity contribution in [3.05, 3.63) is 11.9 Å². The van der Waals surface area contributed by atoms with Gasteiger partial charge in [-0.15, -0.1) is 0 Å². The van der Waals surface area contributed by atoms with Gasteiger partial charge in [-0.2, -0.15) is 5.10 Å². The Labute approximate surface area is 99.1 Å². The summed E-state index contributed by atoms with van der Waals surface area (Å²) in [6, 6.07) is 0. The van der Waals surface area contributed by atoms with Gasteiger partial charge < -0.3 is 20.3 Å². The number of nitrogen functional groups attached to an aromatic ring is 1. The Morgan fingerprint density at radius 1 is 1.59 bits per heavy atom. The van der Waals surface area contributed by atoms with Crippen LogP contribution in [0, 0.1) is 0 Å². The zero-order valence-electron chi connectivity index (χ0n) is 9.76. The van der Waals surface area contributed by atoms with Crippen LogP contribution in [0.4, 0.5) is 5.69 Å². The molecule has 0 amide bonds. The average Bonchev–Trinajstić information content (AvgIpc) is 2.66. The van der Waals surface area contributed by atoms with Crippen LogP contribution in [0.1, 0.15) is 17.4 Å². The number of hydrogen-bond donors (Lipinski definition) is 2. The highest BCUT2D eigenvalue weighted by Crippen LogP contribution is 2.10. The van der Waals surface area contributed by atoms with Gasteiger partial charge in [-0.25, -0.2) is 4.79 Å². The third-order valence-corrected chi connectivity index (χ3v) is 1.96. The lowest BCUT2D eigenvalue weighted by molar-refractivity contribution is 0.0518. The van der Waals surface area contributed by atoms with Crippen molar-refractivity contribution >= 4 is 11.7 Å². The molecule has 0 atom stereocenters. The Morgan fingerprint density at radius 3 is 3.00 bits per heavy atom. The molecule has 0 fully saturated rings. The Balaban J connectivity index is 2.52. The van der Waals surface area contributed by atoms with Crippen LogP contribution < -0.4 is 5.73 Å². The molecule has 7 heteroatoms. The number of esters is 1. The highest BCUT2D eigenvalue weighted by atomic mass is 16.5. The van der Waals surface area contributed by atoms with Crippen molar-refractivity contribution in [2.75, 3.05) is 32.2 Å². The van der Waals surface area contributed by atoms with Gasteiger partial charge in [-0.05, 0) is 6.92 Å². The first-order chi connectivity index (χ1) is 8.19. The molecule has 0 radical (unpaired) electrons. The maximum Gasteiger partial charge on any atom is 0.361 e. The Hall–Kier alpha value is -1.60. The van der Waals surface area contributed by atoms with Crippen molar-refractivity contribution in [3.63, 3.8) is 0 Å². The van der Waals surface area contributed by atoms with E-state index in [1.807, 2.05) is 0 Å². The van der Waals surface area contributed by atoms with E-state index in [1.54, 1.807) is 13.1 Å². The van der Waals surface area contributed by atoms with Crippen molar-refractivity contribution in [1.82, 2.24) is 9.78 Å². The topological polar surface area (TPSA) is 99.6 Å². The smallest absolute Gasteiger partial charge is 0.361 e. The van der Waals surface area contributed by atoms with Crippen LogP contribution in [0.25, 0.3) is 0 Å². The van der Waals surface area contributed by atoms with Crippen molar-refractivity contribution in [2.24, 2.45) is 0 Å². The number of hydrogen-bond acceptors (Lipinski definition) is 6. The maximum absolute atomic E-state index is 11.4. The van der Waals surface area contributed by atoms with E-state index in [0.29, 0.717) is 13.2 Å². The molecule has 0 unspecified atom stereocenters. The zero-order valence-corrected chi connectivity index (χ0v) is 9.76. The lowest BCUT2D eigenvalue weighted by Crippen LogP contribution is -2.11. The second kappa shape index (κ2) is 6.87. The highest BCUT2D eigenvalue weighted by Gasteiger charge is 2.15. The molecule has 0 aromatic carbocycles. The van der Waals surface area contributed by atoms with Gasteiger partial charge in [0.05, 0.1) is 38.7 Å². The minimum absolute atomic E-state index is 0.0185. The molecule has 1 heterocycles. The molecule has 0 aliphatic carbocycles. The predicted molar refractivity (Wildman–Crippen MR) is 60.5 cm³/mol. The van der Waals surface area contributed by atoms with E-state index in [2.05, 4.69) is 5.10 Å². The molecule has 17 heavy (non-hydrogen) atoms. The first-order valence-corrected chi connectivity index (χ1v) is 5.37. The molecule has 7 nitrogen and oxygen atoms in total. The quantitative estimate of drug-likeness (QED) is 0.501. The van der Waals surface area contributed by atoms with Gasteiger partial charge in [-0.1, -0.05) is 0 Å². The molecular weight excluding hydrogens is 226 g/mol. The molecule has 0 saturated carbocycles. The largest absolute Gasteiger partial charge is 0.461 e. The van der Waals surface area contributed by atoms with E-state index in [-0.39, 0.29) is 31.2 Å². The minimum atomic E-state index is -0.528. The van der Waals surface area contributed by atoms with Gasteiger partial charge in [0.15, 0.2) is 5.69 Å². The Kier molecular flexibility index (Phi) is 5.44. The van der Waals surface area contributed by atoms with Crippen LogP contribution in [0.15, 0.2) is 6.20 Å². The summed E-state index contributed by atoms with van der Waals surface area (Å²) >= 11 is 0. The summed E-state index contributed by atoms with van der Waals surface area (Å²) in [4.78, 5) is 11.4. The lowest BCUT2D eigenvalue weighted by Gasteiger charge is -2.02. The molecule has 0 bridgehead atoms. The van der Waals surface area contributed by atoms with Crippen LogP contribution in [0.2, 0.25) is 0 Å². The van der Waals surface area contributed by atoms with Gasteiger partial charge in [-0.3, -0.25) is 4.68 Å². The van der Waals surface area contributed by atoms with E-state index < -0.39 is 5.97 Å². The summed E-state index contributed by atoms with van der Waals surface area (Å²) in [6.45, 7) is 3.11. The summed E-state index contributed by atoms with van der Waals surface area (Å²) < 4.78 is 11.4. The summed E-state index contributed by atoms with van der Waals surface area (Å²) in [5.41, 5.74) is 6.04. The Bertz CT molecular complexity index is 364. The van der Waals surface area contributed by atoms with Gasteiger partial charge in [0.1, 0.15) is 0 Å². The van der Waals surface area contributed by atoms with Crippen LogP contribution in [0.3, 0.4) is 0 Å². The summed E-state index contributed by atoms with van der Waals surface area (Å²) in [7, 11) is 0. The normalized spacial score (nSPS) is 10.5. The molecule has 1 aromatic rings. The average molecular weight is 243 g/mol. The Morgan fingerprint density at radius 2 is 2.35 bits per heavy atom. The second-order valence-corrected chi connectivity index (χ2v) is 3.25. The molecule has 0 aliphatic heterocycles. The van der Waals surface area contributed by atoms with Crippen LogP contribution >= 0.6 is 0 Å². The number of aromatic nitrogens is 2. The van der Waals surface area contributed by atoms with Gasteiger partial charge >= 0.3 is 5.97 Å². The molecule has 96 valence electrons. The number of nitrogens with zero attached hydrogens (tertiary/aromatic N) is 2. The van der Waals surface area contributed by atoms with Crippen molar-refractivity contribution in [1.29, 1.82) is 0 Å². The minimum Gasteiger partial charge on any atom is -0.461 e. The monoisotopic (exact) mass is 243 g/mol. The van der Waals surface area contributed by atoms with E-state index >= 15 is 0 Å². The standard InChI is InChI=1S/C10H17N3O4/c1-2-17-10(15)9-8(11)7-13(12-9)3-5-16-6-4-14/h7,14H,2-6,11H2,1H3. The molecule has 1 rings (SSSR count). The van der Waals surface area contributed by atoms with Gasteiger partial charge in [0.25, 0.3) is 0 Å². The van der Waals surface area contributed by atoms with Crippen LogP contribution in [0.5, 0.6) is 0 Å². The van der Waals surface area contributed by atoms with Crippen molar-refractivity contribution < 1.29 is 19.4 Å². The number of nitrogens with two attached hydrogens (primary N) is 1. The highest BCUT2D eigenvalue weighted by molar-refractivity contribution is 5.92. The summed E-state index contributed by atoms with van der Waals surface area (Å²) in [6.07, 6.45) is 1.55. The number of carbonyl (C=O) groups is 1. The predicted octanol–water partition coefficient (Wildman–Crippen LogP) is -0.349. The number of aliphatic hydroxyl groups excluding tert-OH is 1. The molecule has 0 spiro atoms. The van der Waals surface area contributed by atoms with E-state index in [4.69, 9.17) is 20.3 Å². The van der Waals surface area contributed by atoms with Crippen LogP contribution in [-0.2, 0) is 16.0 Å². The van der Waals surface area contributed by atoms with Crippen molar-refractivity contribution in [2.45, 2.75) is 13.5 Å².